The van der Waals surface area contributed by atoms with E-state index in [-0.39, 0.29) is 11.6 Å². The molecule has 0 saturated heterocycles. The summed E-state index contributed by atoms with van der Waals surface area (Å²) in [4.78, 5) is 0. The zero-order valence-electron chi connectivity index (χ0n) is 17.4. The van der Waals surface area contributed by atoms with Crippen LogP contribution >= 0.6 is 17.0 Å². The average molecular weight is 574 g/mol. The van der Waals surface area contributed by atoms with Gasteiger partial charge < -0.3 is 0 Å². The van der Waals surface area contributed by atoms with Crippen molar-refractivity contribution in [2.75, 3.05) is 0 Å². The molecule has 0 aromatic heterocycles. The van der Waals surface area contributed by atoms with E-state index in [1.165, 1.54) is 0 Å². The Bertz CT molecular complexity index is 1010. The Morgan fingerprint density at radius 3 is 1.91 bits per heavy atom. The molecule has 3 aromatic rings. The third-order valence-corrected chi connectivity index (χ3v) is 5.11. The second-order valence-corrected chi connectivity index (χ2v) is 11.0. The molecule has 0 aliphatic heterocycles. The van der Waals surface area contributed by atoms with Gasteiger partial charge in [0.15, 0.2) is 0 Å². The summed E-state index contributed by atoms with van der Waals surface area (Å²) in [7, 11) is 9.87. The van der Waals surface area contributed by atoms with Crippen LogP contribution in [0.5, 0.6) is 0 Å². The van der Waals surface area contributed by atoms with Crippen LogP contribution in [-0.4, -0.2) is 0 Å². The number of unbranched alkanes of at least 4 members (excludes halogenated alkanes) is 1. The maximum absolute atomic E-state index is 13.3. The van der Waals surface area contributed by atoms with Crippen molar-refractivity contribution in [2.45, 2.75) is 51.9 Å². The topological polar surface area (TPSA) is 0 Å². The van der Waals surface area contributed by atoms with Gasteiger partial charge in [-0.05, 0) is 36.6 Å². The first-order valence-corrected chi connectivity index (χ1v) is 16.3. The fraction of sp³-hybridized carbons (Fsp3) is 0.348. The first-order chi connectivity index (χ1) is 15.0. The summed E-state index contributed by atoms with van der Waals surface area (Å²) < 4.78 is 79.9. The van der Waals surface area contributed by atoms with E-state index < -0.39 is 44.3 Å². The van der Waals surface area contributed by atoms with Gasteiger partial charge in [0.1, 0.15) is 0 Å². The van der Waals surface area contributed by atoms with Crippen molar-refractivity contribution in [1.29, 1.82) is 0 Å². The molecule has 0 unspecified atom stereocenters. The Balaban J connectivity index is 0.00000114. The normalized spacial score (nSPS) is 11.9. The van der Waals surface area contributed by atoms with Crippen molar-refractivity contribution >= 4 is 27.8 Å². The number of aryl methyl sites for hydroxylation is 2. The zero-order valence-corrected chi connectivity index (χ0v) is 21.4. The summed E-state index contributed by atoms with van der Waals surface area (Å²) in [5.41, 5.74) is -0.429. The van der Waals surface area contributed by atoms with Crippen LogP contribution in [0.25, 0.3) is 21.9 Å². The third-order valence-electron chi connectivity index (χ3n) is 5.11. The van der Waals surface area contributed by atoms with Gasteiger partial charge in [0.2, 0.25) is 0 Å². The van der Waals surface area contributed by atoms with Gasteiger partial charge in [0.25, 0.3) is 0 Å². The maximum atomic E-state index is 13.3. The summed E-state index contributed by atoms with van der Waals surface area (Å²) in [5.74, 6) is 0. The van der Waals surface area contributed by atoms with Gasteiger partial charge in [-0.25, -0.2) is 0 Å². The number of benzene rings is 2. The van der Waals surface area contributed by atoms with Crippen LogP contribution in [-0.2, 0) is 46.0 Å². The zero-order chi connectivity index (χ0) is 24.1. The molecule has 0 saturated carbocycles. The van der Waals surface area contributed by atoms with Crippen LogP contribution in [0.1, 0.15) is 48.9 Å². The molecule has 0 aliphatic carbocycles. The second kappa shape index (κ2) is 11.5. The van der Waals surface area contributed by atoms with E-state index >= 15 is 0 Å². The van der Waals surface area contributed by atoms with Crippen LogP contribution in [0.2, 0.25) is 0 Å². The molecule has 0 nitrogen and oxygen atoms in total. The Morgan fingerprint density at radius 2 is 1.44 bits per heavy atom. The fourth-order valence-electron chi connectivity index (χ4n) is 3.65. The van der Waals surface area contributed by atoms with Crippen molar-refractivity contribution in [3.8, 4) is 11.1 Å². The van der Waals surface area contributed by atoms with Crippen molar-refractivity contribution < 1.29 is 47.2 Å². The minimum atomic E-state index is -4.87. The van der Waals surface area contributed by atoms with Gasteiger partial charge in [-0.15, -0.1) is 34.5 Å². The number of rotatable bonds is 5. The molecule has 0 N–H and O–H groups in total. The fourth-order valence-corrected chi connectivity index (χ4v) is 3.65. The van der Waals surface area contributed by atoms with E-state index in [1.54, 1.807) is 6.07 Å². The van der Waals surface area contributed by atoms with Gasteiger partial charge in [-0.2, -0.15) is 32.4 Å². The molecule has 3 rings (SSSR count). The molecule has 32 heavy (non-hydrogen) atoms. The molecule has 0 atom stereocenters. The molecule has 174 valence electrons. The van der Waals surface area contributed by atoms with Crippen molar-refractivity contribution in [3.05, 3.63) is 64.7 Å². The minimum absolute atomic E-state index is 0.0535. The average Bonchev–Trinajstić information content (AvgIpc) is 3.13. The van der Waals surface area contributed by atoms with Crippen LogP contribution in [0.15, 0.2) is 42.5 Å². The van der Waals surface area contributed by atoms with Crippen LogP contribution in [0, 0.1) is 0 Å². The second-order valence-electron chi connectivity index (χ2n) is 7.29. The molecule has 9 heteroatoms. The number of hydrogen-bond acceptors (Lipinski definition) is 0. The van der Waals surface area contributed by atoms with Gasteiger partial charge in [0.05, 0.1) is 11.1 Å². The summed E-state index contributed by atoms with van der Waals surface area (Å²) in [6.45, 7) is 3.90. The first kappa shape index (κ1) is 27.3. The van der Waals surface area contributed by atoms with Crippen LogP contribution in [0.3, 0.4) is 0 Å². The van der Waals surface area contributed by atoms with E-state index in [2.05, 4.69) is 6.92 Å². The van der Waals surface area contributed by atoms with Crippen LogP contribution < -0.4 is 0 Å². The molecular weight excluding hydrogens is 552 g/mol. The van der Waals surface area contributed by atoms with E-state index in [0.29, 0.717) is 17.4 Å². The van der Waals surface area contributed by atoms with Crippen molar-refractivity contribution in [2.24, 2.45) is 0 Å². The molecule has 3 aromatic carbocycles. The number of alkyl halides is 6. The van der Waals surface area contributed by atoms with E-state index in [4.69, 9.17) is 17.0 Å². The molecule has 0 heterocycles. The Hall–Kier alpha value is -0.907. The van der Waals surface area contributed by atoms with Crippen molar-refractivity contribution in [1.82, 2.24) is 0 Å². The molecule has 0 amide bonds. The monoisotopic (exact) mass is 571 g/mol. The standard InChI is InChI=1S/C23H21F6.2ClH.Zr/c1-3-5-6-14-9-16-8-7-15(4-2)21(20(16)10-14)17-11-18(22(24,25)26)13-19(12-17)23(27,28)29;;;/h7-13H,3-6H2,1-2H3;2*1H;/q-1;;;+2/p-2. The third kappa shape index (κ3) is 6.80. The molecule has 0 fully saturated rings. The Morgan fingerprint density at radius 1 is 0.875 bits per heavy atom. The molecule has 0 aliphatic rings. The number of halogens is 8. The summed E-state index contributed by atoms with van der Waals surface area (Å²) in [6.07, 6.45) is -6.45. The predicted octanol–water partition coefficient (Wildman–Crippen LogP) is 9.54. The van der Waals surface area contributed by atoms with E-state index in [1.807, 2.05) is 25.1 Å². The summed E-state index contributed by atoms with van der Waals surface area (Å²) in [5, 5.41) is 1.53. The van der Waals surface area contributed by atoms with Gasteiger partial charge in [-0.1, -0.05) is 37.8 Å². The Labute approximate surface area is 201 Å². The number of hydrogen-bond donors (Lipinski definition) is 0. The molecule has 0 radical (unpaired) electrons. The van der Waals surface area contributed by atoms with E-state index in [0.717, 1.165) is 47.9 Å². The molecular formula is C23H21Cl2F6Zr-. The van der Waals surface area contributed by atoms with Gasteiger partial charge in [-0.3, -0.25) is 0 Å². The first-order valence-electron chi connectivity index (χ1n) is 9.93. The quantitative estimate of drug-likeness (QED) is 0.211. The SMILES string of the molecule is CCCCc1cc2c(-c3cc(C(F)(F)F)cc(C(F)(F)F)c3)c(CC)ccc2[cH-]1.[Cl][Zr][Cl]. The van der Waals surface area contributed by atoms with Crippen LogP contribution in [0.4, 0.5) is 26.3 Å². The number of fused-ring (bicyclic) bond motifs is 1. The summed E-state index contributed by atoms with van der Waals surface area (Å²) >= 11 is -0.826. The van der Waals surface area contributed by atoms with Gasteiger partial charge >= 0.3 is 50.2 Å². The summed E-state index contributed by atoms with van der Waals surface area (Å²) in [6, 6.07) is 9.34. The van der Waals surface area contributed by atoms with Crippen molar-refractivity contribution in [3.63, 3.8) is 0 Å². The van der Waals surface area contributed by atoms with Gasteiger partial charge in [0, 0.05) is 0 Å². The molecule has 0 spiro atoms. The Kier molecular flexibility index (Phi) is 9.81. The molecule has 0 bridgehead atoms. The van der Waals surface area contributed by atoms with E-state index in [9.17, 15) is 26.3 Å². The predicted molar refractivity (Wildman–Crippen MR) is 115 cm³/mol.